The van der Waals surface area contributed by atoms with Crippen LogP contribution in [0.2, 0.25) is 0 Å². The van der Waals surface area contributed by atoms with E-state index < -0.39 is 0 Å². The fraction of sp³-hybridized carbons (Fsp3) is 0.364. The Morgan fingerprint density at radius 2 is 1.64 bits per heavy atom. The van der Waals surface area contributed by atoms with Crippen LogP contribution in [0.4, 0.5) is 5.69 Å². The number of rotatable bonds is 6. The van der Waals surface area contributed by atoms with E-state index in [0.717, 1.165) is 38.9 Å². The minimum atomic E-state index is -0.156. The molecule has 0 unspecified atom stereocenters. The molecule has 5 nitrogen and oxygen atoms in total. The summed E-state index contributed by atoms with van der Waals surface area (Å²) in [6.07, 6.45) is 2.94. The van der Waals surface area contributed by atoms with Crippen LogP contribution < -0.4 is 10.6 Å². The van der Waals surface area contributed by atoms with Crippen LogP contribution in [0, 0.1) is 0 Å². The van der Waals surface area contributed by atoms with Crippen molar-refractivity contribution in [1.29, 1.82) is 0 Å². The Bertz CT molecular complexity index is 759. The lowest BCUT2D eigenvalue weighted by Crippen LogP contribution is -2.46. The van der Waals surface area contributed by atoms with Crippen LogP contribution in [0.5, 0.6) is 0 Å². The number of benzene rings is 2. The van der Waals surface area contributed by atoms with E-state index in [1.165, 1.54) is 0 Å². The van der Waals surface area contributed by atoms with Crippen molar-refractivity contribution in [2.45, 2.75) is 32.2 Å². The quantitative estimate of drug-likeness (QED) is 0.770. The molecular weight excluding hydrogens is 374 g/mol. The molecule has 0 bridgehead atoms. The van der Waals surface area contributed by atoms with Gasteiger partial charge in [0.05, 0.1) is 0 Å². The highest BCUT2D eigenvalue weighted by Gasteiger charge is 2.25. The molecule has 0 spiro atoms. The van der Waals surface area contributed by atoms with Crippen molar-refractivity contribution in [2.24, 2.45) is 0 Å². The lowest BCUT2D eigenvalue weighted by Gasteiger charge is -2.34. The SMILES string of the molecule is CCCN(C(=O)c1ccc(NC(=O)c2ccccc2)cc1)C1CCNCC1.Cl. The maximum Gasteiger partial charge on any atom is 0.255 e. The van der Waals surface area contributed by atoms with E-state index in [9.17, 15) is 9.59 Å². The standard InChI is InChI=1S/C22H27N3O2.ClH/c1-2-16-25(20-12-14-23-15-13-20)22(27)18-8-10-19(11-9-18)24-21(26)17-6-4-3-5-7-17;/h3-11,20,23H,2,12-16H2,1H3,(H,24,26);1H. The van der Waals surface area contributed by atoms with Crippen LogP contribution in [-0.2, 0) is 0 Å². The Morgan fingerprint density at radius 1 is 1.00 bits per heavy atom. The molecule has 0 aromatic heterocycles. The molecule has 28 heavy (non-hydrogen) atoms. The second-order valence-electron chi connectivity index (χ2n) is 6.88. The molecule has 2 aromatic rings. The Kier molecular flexibility index (Phi) is 8.48. The Hall–Kier alpha value is -2.37. The lowest BCUT2D eigenvalue weighted by atomic mass is 10.0. The molecule has 1 saturated heterocycles. The van der Waals surface area contributed by atoms with E-state index in [1.807, 2.05) is 23.1 Å². The highest BCUT2D eigenvalue weighted by atomic mass is 35.5. The third-order valence-corrected chi connectivity index (χ3v) is 4.90. The molecule has 0 radical (unpaired) electrons. The second-order valence-corrected chi connectivity index (χ2v) is 6.88. The zero-order valence-electron chi connectivity index (χ0n) is 16.2. The van der Waals surface area contributed by atoms with Crippen LogP contribution in [0.15, 0.2) is 54.6 Å². The predicted octanol–water partition coefficient (Wildman–Crippen LogP) is 3.96. The third-order valence-electron chi connectivity index (χ3n) is 4.90. The van der Waals surface area contributed by atoms with Crippen LogP contribution in [0.1, 0.15) is 46.9 Å². The summed E-state index contributed by atoms with van der Waals surface area (Å²) in [5.41, 5.74) is 1.96. The Balaban J connectivity index is 0.00000280. The van der Waals surface area contributed by atoms with E-state index in [0.29, 0.717) is 22.9 Å². The molecular formula is C22H28ClN3O2. The van der Waals surface area contributed by atoms with E-state index in [4.69, 9.17) is 0 Å². The van der Waals surface area contributed by atoms with Gasteiger partial charge in [-0.3, -0.25) is 9.59 Å². The Labute approximate surface area is 172 Å². The van der Waals surface area contributed by atoms with Crippen LogP contribution in [0.25, 0.3) is 0 Å². The van der Waals surface area contributed by atoms with Gasteiger partial charge in [0.1, 0.15) is 0 Å². The van der Waals surface area contributed by atoms with Gasteiger partial charge in [0.2, 0.25) is 0 Å². The zero-order chi connectivity index (χ0) is 19.1. The molecule has 6 heteroatoms. The number of halogens is 1. The van der Waals surface area contributed by atoms with Gasteiger partial charge in [-0.25, -0.2) is 0 Å². The molecule has 3 rings (SSSR count). The monoisotopic (exact) mass is 401 g/mol. The average molecular weight is 402 g/mol. The number of nitrogens with one attached hydrogen (secondary N) is 2. The molecule has 0 aliphatic carbocycles. The van der Waals surface area contributed by atoms with Gasteiger partial charge in [-0.15, -0.1) is 12.4 Å². The molecule has 150 valence electrons. The number of carbonyl (C=O) groups is 2. The molecule has 2 N–H and O–H groups in total. The van der Waals surface area contributed by atoms with Crippen molar-refractivity contribution >= 4 is 29.9 Å². The first kappa shape index (κ1) is 21.9. The van der Waals surface area contributed by atoms with Gasteiger partial charge >= 0.3 is 0 Å². The highest BCUT2D eigenvalue weighted by molar-refractivity contribution is 6.04. The van der Waals surface area contributed by atoms with E-state index in [1.54, 1.807) is 36.4 Å². The summed E-state index contributed by atoms with van der Waals surface area (Å²) >= 11 is 0. The fourth-order valence-corrected chi connectivity index (χ4v) is 3.46. The number of amides is 2. The van der Waals surface area contributed by atoms with Gasteiger partial charge < -0.3 is 15.5 Å². The van der Waals surface area contributed by atoms with E-state index in [-0.39, 0.29) is 24.2 Å². The molecule has 1 heterocycles. The number of hydrogen-bond acceptors (Lipinski definition) is 3. The van der Waals surface area contributed by atoms with E-state index in [2.05, 4.69) is 17.6 Å². The van der Waals surface area contributed by atoms with Crippen LogP contribution in [-0.4, -0.2) is 42.4 Å². The van der Waals surface area contributed by atoms with Crippen molar-refractivity contribution < 1.29 is 9.59 Å². The molecule has 0 saturated carbocycles. The molecule has 2 aromatic carbocycles. The molecule has 1 aliphatic rings. The first-order chi connectivity index (χ1) is 13.2. The van der Waals surface area contributed by atoms with Gasteiger partial charge in [-0.05, 0) is 68.8 Å². The normalized spacial score (nSPS) is 14.0. The van der Waals surface area contributed by atoms with Gasteiger partial charge in [-0.1, -0.05) is 25.1 Å². The first-order valence-corrected chi connectivity index (χ1v) is 9.67. The first-order valence-electron chi connectivity index (χ1n) is 9.67. The largest absolute Gasteiger partial charge is 0.336 e. The minimum absolute atomic E-state index is 0. The van der Waals surface area contributed by atoms with Gasteiger partial charge in [0.25, 0.3) is 11.8 Å². The van der Waals surface area contributed by atoms with Crippen molar-refractivity contribution in [3.05, 3.63) is 65.7 Å². The predicted molar refractivity (Wildman–Crippen MR) is 115 cm³/mol. The Morgan fingerprint density at radius 3 is 2.25 bits per heavy atom. The number of nitrogens with zero attached hydrogens (tertiary/aromatic N) is 1. The summed E-state index contributed by atoms with van der Waals surface area (Å²) < 4.78 is 0. The minimum Gasteiger partial charge on any atom is -0.336 e. The van der Waals surface area contributed by atoms with E-state index >= 15 is 0 Å². The van der Waals surface area contributed by atoms with Gasteiger partial charge in [0, 0.05) is 29.4 Å². The number of anilines is 1. The number of carbonyl (C=O) groups excluding carboxylic acids is 2. The summed E-state index contributed by atoms with van der Waals surface area (Å²) in [6, 6.07) is 16.6. The van der Waals surface area contributed by atoms with Gasteiger partial charge in [-0.2, -0.15) is 0 Å². The highest BCUT2D eigenvalue weighted by Crippen LogP contribution is 2.18. The summed E-state index contributed by atoms with van der Waals surface area (Å²) in [5.74, 6) is -0.0818. The summed E-state index contributed by atoms with van der Waals surface area (Å²) in [5, 5.41) is 6.22. The second kappa shape index (κ2) is 10.8. The van der Waals surface area contributed by atoms with Gasteiger partial charge in [0.15, 0.2) is 0 Å². The molecule has 1 aliphatic heterocycles. The van der Waals surface area contributed by atoms with Crippen molar-refractivity contribution in [3.8, 4) is 0 Å². The molecule has 2 amide bonds. The smallest absolute Gasteiger partial charge is 0.255 e. The maximum atomic E-state index is 13.0. The fourth-order valence-electron chi connectivity index (χ4n) is 3.46. The summed E-state index contributed by atoms with van der Waals surface area (Å²) in [4.78, 5) is 27.3. The number of piperidine rings is 1. The third kappa shape index (κ3) is 5.57. The summed E-state index contributed by atoms with van der Waals surface area (Å²) in [6.45, 7) is 4.80. The molecule has 1 fully saturated rings. The van der Waals surface area contributed by atoms with Crippen LogP contribution >= 0.6 is 12.4 Å². The average Bonchev–Trinajstić information content (AvgIpc) is 2.73. The molecule has 0 atom stereocenters. The number of hydrogen-bond donors (Lipinski definition) is 2. The lowest BCUT2D eigenvalue weighted by molar-refractivity contribution is 0.0642. The topological polar surface area (TPSA) is 61.4 Å². The van der Waals surface area contributed by atoms with Crippen molar-refractivity contribution in [2.75, 3.05) is 25.0 Å². The zero-order valence-corrected chi connectivity index (χ0v) is 17.0. The van der Waals surface area contributed by atoms with Crippen molar-refractivity contribution in [1.82, 2.24) is 10.2 Å². The maximum absolute atomic E-state index is 13.0. The van der Waals surface area contributed by atoms with Crippen LogP contribution in [0.3, 0.4) is 0 Å². The summed E-state index contributed by atoms with van der Waals surface area (Å²) in [7, 11) is 0. The van der Waals surface area contributed by atoms with Crippen molar-refractivity contribution in [3.63, 3.8) is 0 Å².